The highest BCUT2D eigenvalue weighted by atomic mass is 35.5. The van der Waals surface area contributed by atoms with Gasteiger partial charge in [-0.3, -0.25) is 0 Å². The Balaban J connectivity index is 1.50. The van der Waals surface area contributed by atoms with E-state index >= 15 is 0 Å². The summed E-state index contributed by atoms with van der Waals surface area (Å²) in [5, 5.41) is 3.32. The fourth-order valence-electron chi connectivity index (χ4n) is 2.81. The minimum atomic E-state index is -0.193. The third kappa shape index (κ3) is 3.91. The lowest BCUT2D eigenvalue weighted by molar-refractivity contribution is 0.0394. The molecule has 0 aliphatic carbocycles. The number of rotatable bonds is 1. The van der Waals surface area contributed by atoms with Gasteiger partial charge in [-0.2, -0.15) is 0 Å². The van der Waals surface area contributed by atoms with Crippen LogP contribution in [0.5, 0.6) is 0 Å². The summed E-state index contributed by atoms with van der Waals surface area (Å²) in [4.78, 5) is 30.1. The first kappa shape index (κ1) is 16.9. The van der Waals surface area contributed by atoms with Gasteiger partial charge in [-0.25, -0.2) is 9.59 Å². The van der Waals surface area contributed by atoms with Crippen molar-refractivity contribution in [2.75, 3.05) is 57.8 Å². The van der Waals surface area contributed by atoms with E-state index in [0.717, 1.165) is 0 Å². The smallest absolute Gasteiger partial charge is 0.322 e. The number of nitrogens with one attached hydrogen (secondary N) is 1. The molecule has 0 saturated carbocycles. The highest BCUT2D eigenvalue weighted by Gasteiger charge is 2.28. The Hall–Kier alpha value is -1.99. The average molecular weight is 353 g/mol. The molecule has 1 aromatic rings. The Kier molecular flexibility index (Phi) is 5.42. The van der Waals surface area contributed by atoms with E-state index in [1.54, 1.807) is 21.9 Å². The highest BCUT2D eigenvalue weighted by molar-refractivity contribution is 6.33. The molecule has 0 atom stereocenters. The Bertz CT molecular complexity index is 599. The largest absolute Gasteiger partial charge is 0.378 e. The molecule has 8 heteroatoms. The monoisotopic (exact) mass is 352 g/mol. The first-order chi connectivity index (χ1) is 11.6. The second-order valence-corrected chi connectivity index (χ2v) is 6.17. The predicted molar refractivity (Wildman–Crippen MR) is 91.4 cm³/mol. The van der Waals surface area contributed by atoms with E-state index in [2.05, 4.69) is 5.32 Å². The van der Waals surface area contributed by atoms with Gasteiger partial charge in [0.1, 0.15) is 0 Å². The van der Waals surface area contributed by atoms with Crippen molar-refractivity contribution >= 4 is 29.4 Å². The molecule has 2 aliphatic rings. The van der Waals surface area contributed by atoms with Crippen molar-refractivity contribution < 1.29 is 14.3 Å². The fourth-order valence-corrected chi connectivity index (χ4v) is 3.00. The number of benzene rings is 1. The number of carbonyl (C=O) groups excluding carboxylic acids is 2. The molecular weight excluding hydrogens is 332 g/mol. The SMILES string of the molecule is O=C(Nc1ccccc1Cl)N1CCN(C(=O)N2CCOCC2)CC1. The number of hydrogen-bond donors (Lipinski definition) is 1. The van der Waals surface area contributed by atoms with Crippen LogP contribution in [0, 0.1) is 0 Å². The second kappa shape index (κ2) is 7.72. The van der Waals surface area contributed by atoms with Gasteiger partial charge in [0.05, 0.1) is 23.9 Å². The van der Waals surface area contributed by atoms with Crippen molar-refractivity contribution in [3.05, 3.63) is 29.3 Å². The van der Waals surface area contributed by atoms with Gasteiger partial charge in [-0.15, -0.1) is 0 Å². The molecular formula is C16H21ClN4O3. The normalized spacial score (nSPS) is 18.5. The number of para-hydroxylation sites is 1. The first-order valence-electron chi connectivity index (χ1n) is 8.07. The lowest BCUT2D eigenvalue weighted by atomic mass is 10.3. The van der Waals surface area contributed by atoms with Gasteiger partial charge >= 0.3 is 12.1 Å². The van der Waals surface area contributed by atoms with Gasteiger partial charge in [0.25, 0.3) is 0 Å². The average Bonchev–Trinajstić information content (AvgIpc) is 2.64. The molecule has 4 amide bonds. The van der Waals surface area contributed by atoms with Gasteiger partial charge in [-0.05, 0) is 12.1 Å². The lowest BCUT2D eigenvalue weighted by Gasteiger charge is -2.38. The number of morpholine rings is 1. The van der Waals surface area contributed by atoms with E-state index in [1.165, 1.54) is 0 Å². The number of carbonyl (C=O) groups is 2. The molecule has 24 heavy (non-hydrogen) atoms. The Morgan fingerprint density at radius 1 is 0.917 bits per heavy atom. The molecule has 3 rings (SSSR count). The quantitative estimate of drug-likeness (QED) is 0.840. The van der Waals surface area contributed by atoms with Crippen LogP contribution in [0.1, 0.15) is 0 Å². The molecule has 7 nitrogen and oxygen atoms in total. The number of piperazine rings is 1. The number of halogens is 1. The number of hydrogen-bond acceptors (Lipinski definition) is 3. The number of anilines is 1. The van der Waals surface area contributed by atoms with Crippen molar-refractivity contribution in [2.45, 2.75) is 0 Å². The van der Waals surface area contributed by atoms with Crippen LogP contribution in [0.25, 0.3) is 0 Å². The van der Waals surface area contributed by atoms with Crippen molar-refractivity contribution in [1.82, 2.24) is 14.7 Å². The molecule has 0 bridgehead atoms. The third-order valence-corrected chi connectivity index (χ3v) is 4.56. The standard InChI is InChI=1S/C16H21ClN4O3/c17-13-3-1-2-4-14(13)18-15(22)19-5-7-20(8-6-19)16(23)21-9-11-24-12-10-21/h1-4H,5-12H2,(H,18,22). The predicted octanol–water partition coefficient (Wildman–Crippen LogP) is 1.94. The van der Waals surface area contributed by atoms with Crippen molar-refractivity contribution in [1.29, 1.82) is 0 Å². The van der Waals surface area contributed by atoms with Crippen LogP contribution in [0.2, 0.25) is 5.02 Å². The second-order valence-electron chi connectivity index (χ2n) is 5.77. The van der Waals surface area contributed by atoms with Gasteiger partial charge in [0.2, 0.25) is 0 Å². The maximum atomic E-state index is 12.4. The van der Waals surface area contributed by atoms with Crippen LogP contribution < -0.4 is 5.32 Å². The highest BCUT2D eigenvalue weighted by Crippen LogP contribution is 2.21. The molecule has 2 aliphatic heterocycles. The molecule has 0 unspecified atom stereocenters. The molecule has 0 radical (unpaired) electrons. The summed E-state index contributed by atoms with van der Waals surface area (Å²) in [6.45, 7) is 4.52. The minimum absolute atomic E-state index is 0.0319. The third-order valence-electron chi connectivity index (χ3n) is 4.23. The summed E-state index contributed by atoms with van der Waals surface area (Å²) < 4.78 is 5.27. The van der Waals surface area contributed by atoms with Crippen LogP contribution in [-0.2, 0) is 4.74 Å². The summed E-state index contributed by atoms with van der Waals surface area (Å²) >= 11 is 6.06. The van der Waals surface area contributed by atoms with E-state index in [0.29, 0.717) is 63.2 Å². The Morgan fingerprint density at radius 2 is 1.50 bits per heavy atom. The topological polar surface area (TPSA) is 65.1 Å². The Labute approximate surface area is 146 Å². The van der Waals surface area contributed by atoms with Crippen LogP contribution in [0.15, 0.2) is 24.3 Å². The minimum Gasteiger partial charge on any atom is -0.378 e. The summed E-state index contributed by atoms with van der Waals surface area (Å²) in [7, 11) is 0. The first-order valence-corrected chi connectivity index (χ1v) is 8.45. The molecule has 0 aromatic heterocycles. The van der Waals surface area contributed by atoms with Crippen LogP contribution in [-0.4, -0.2) is 79.2 Å². The lowest BCUT2D eigenvalue weighted by Crippen LogP contribution is -2.56. The molecule has 130 valence electrons. The summed E-state index contributed by atoms with van der Waals surface area (Å²) in [6, 6.07) is 6.97. The van der Waals surface area contributed by atoms with E-state index < -0.39 is 0 Å². The molecule has 2 fully saturated rings. The summed E-state index contributed by atoms with van der Waals surface area (Å²) in [5.41, 5.74) is 0.594. The van der Waals surface area contributed by atoms with E-state index in [-0.39, 0.29) is 12.1 Å². The van der Waals surface area contributed by atoms with Crippen molar-refractivity contribution in [2.24, 2.45) is 0 Å². The van der Waals surface area contributed by atoms with Gasteiger partial charge in [0, 0.05) is 39.3 Å². The zero-order valence-corrected chi connectivity index (χ0v) is 14.2. The summed E-state index contributed by atoms with van der Waals surface area (Å²) in [5.74, 6) is 0. The maximum Gasteiger partial charge on any atom is 0.322 e. The van der Waals surface area contributed by atoms with Crippen molar-refractivity contribution in [3.63, 3.8) is 0 Å². The molecule has 2 saturated heterocycles. The maximum absolute atomic E-state index is 12.4. The zero-order valence-electron chi connectivity index (χ0n) is 13.4. The van der Waals surface area contributed by atoms with Crippen LogP contribution >= 0.6 is 11.6 Å². The number of ether oxygens (including phenoxy) is 1. The Morgan fingerprint density at radius 3 is 2.17 bits per heavy atom. The van der Waals surface area contributed by atoms with Crippen LogP contribution in [0.4, 0.5) is 15.3 Å². The van der Waals surface area contributed by atoms with Gasteiger partial charge in [-0.1, -0.05) is 23.7 Å². The molecule has 2 heterocycles. The number of amides is 4. The number of urea groups is 2. The molecule has 1 N–H and O–H groups in total. The van der Waals surface area contributed by atoms with E-state index in [9.17, 15) is 9.59 Å². The number of nitrogens with zero attached hydrogens (tertiary/aromatic N) is 3. The molecule has 0 spiro atoms. The van der Waals surface area contributed by atoms with E-state index in [1.807, 2.05) is 17.0 Å². The van der Waals surface area contributed by atoms with Gasteiger partial charge < -0.3 is 24.8 Å². The zero-order chi connectivity index (χ0) is 16.9. The fraction of sp³-hybridized carbons (Fsp3) is 0.500. The van der Waals surface area contributed by atoms with Crippen molar-refractivity contribution in [3.8, 4) is 0 Å². The molecule has 1 aromatic carbocycles. The van der Waals surface area contributed by atoms with E-state index in [4.69, 9.17) is 16.3 Å². The van der Waals surface area contributed by atoms with Crippen LogP contribution in [0.3, 0.4) is 0 Å². The van der Waals surface area contributed by atoms with Gasteiger partial charge in [0.15, 0.2) is 0 Å². The summed E-state index contributed by atoms with van der Waals surface area (Å²) in [6.07, 6.45) is 0.